The average Bonchev–Trinajstić information content (AvgIpc) is 2.19. The molecule has 0 unspecified atom stereocenters. The van der Waals surface area contributed by atoms with E-state index < -0.39 is 0 Å². The summed E-state index contributed by atoms with van der Waals surface area (Å²) in [5.74, 6) is 0. The average molecular weight is 123 g/mol. The molecule has 0 bridgehead atoms. The second-order valence-corrected chi connectivity index (χ2v) is 1.66. The molecule has 0 aromatic rings. The number of isothiocyanates is 1. The first-order valence-corrected chi connectivity index (χ1v) is 2.76. The first kappa shape index (κ1) is 5.42. The fourth-order valence-corrected chi connectivity index (χ4v) is 0.689. The smallest absolute Gasteiger partial charge is 0.0970 e. The van der Waals surface area contributed by atoms with Gasteiger partial charge in [-0.3, -0.25) is 0 Å². The molecule has 0 aliphatic heterocycles. The van der Waals surface area contributed by atoms with Gasteiger partial charge in [-0.2, -0.15) is 0 Å². The maximum atomic E-state index is 4.40. The van der Waals surface area contributed by atoms with Crippen LogP contribution >= 0.6 is 12.2 Å². The Hall–Kier alpha value is -0.720. The number of thiocarbonyl (C=S) groups is 1. The topological polar surface area (TPSA) is 12.4 Å². The molecule has 0 saturated heterocycles. The highest BCUT2D eigenvalue weighted by Crippen LogP contribution is 2.01. The molecule has 0 radical (unpaired) electrons. The number of allylic oxidation sites excluding steroid dienone is 2. The first-order chi connectivity index (χ1) is 3.93. The zero-order valence-electron chi connectivity index (χ0n) is 4.24. The highest BCUT2D eigenvalue weighted by Gasteiger charge is 1.96. The second kappa shape index (κ2) is 2.55. The Kier molecular flexibility index (Phi) is 1.73. The Bertz CT molecular complexity index is 163. The molecule has 0 aromatic carbocycles. The molecule has 0 N–H and O–H groups in total. The van der Waals surface area contributed by atoms with Crippen LogP contribution in [-0.4, -0.2) is 11.2 Å². The van der Waals surface area contributed by atoms with E-state index in [9.17, 15) is 0 Å². The summed E-state index contributed by atoms with van der Waals surface area (Å²) in [7, 11) is 0. The monoisotopic (exact) mass is 123 g/mol. The van der Waals surface area contributed by atoms with E-state index in [1.807, 2.05) is 24.3 Å². The quantitative estimate of drug-likeness (QED) is 0.381. The van der Waals surface area contributed by atoms with Crippen molar-refractivity contribution >= 4 is 17.4 Å². The van der Waals surface area contributed by atoms with E-state index >= 15 is 0 Å². The number of hydrogen-bond donors (Lipinski definition) is 0. The van der Waals surface area contributed by atoms with Crippen LogP contribution in [0.2, 0.25) is 0 Å². The minimum absolute atomic E-state index is 0.160. The zero-order chi connectivity index (χ0) is 5.82. The van der Waals surface area contributed by atoms with Crippen molar-refractivity contribution in [3.63, 3.8) is 0 Å². The summed E-state index contributed by atoms with van der Waals surface area (Å²) in [5, 5.41) is 2.32. The largest absolute Gasteiger partial charge is 0.221 e. The Balaban J connectivity index is 2.62. The van der Waals surface area contributed by atoms with Gasteiger partial charge in [0.15, 0.2) is 0 Å². The SMILES string of the molecule is S=C=NC1C=CC=C1. The van der Waals surface area contributed by atoms with Gasteiger partial charge in [0.1, 0.15) is 0 Å². The molecule has 2 heteroatoms. The molecule has 0 heterocycles. The fourth-order valence-electron chi connectivity index (χ4n) is 0.567. The standard InChI is InChI=1S/C6H5NS/c8-5-7-6-3-1-2-4-6/h1-4,6H. The van der Waals surface area contributed by atoms with E-state index in [-0.39, 0.29) is 6.04 Å². The second-order valence-electron chi connectivity index (χ2n) is 1.48. The van der Waals surface area contributed by atoms with Crippen LogP contribution in [0.4, 0.5) is 0 Å². The molecule has 1 nitrogen and oxygen atoms in total. The third-order valence-electron chi connectivity index (χ3n) is 0.929. The minimum atomic E-state index is 0.160. The van der Waals surface area contributed by atoms with Crippen LogP contribution in [0.5, 0.6) is 0 Å². The van der Waals surface area contributed by atoms with Gasteiger partial charge in [-0.1, -0.05) is 24.3 Å². The van der Waals surface area contributed by atoms with Gasteiger partial charge in [0.05, 0.1) is 11.2 Å². The normalized spacial score (nSPS) is 16.5. The van der Waals surface area contributed by atoms with Crippen molar-refractivity contribution in [3.8, 4) is 0 Å². The van der Waals surface area contributed by atoms with Gasteiger partial charge in [-0.15, -0.1) is 0 Å². The summed E-state index contributed by atoms with van der Waals surface area (Å²) >= 11 is 4.40. The van der Waals surface area contributed by atoms with E-state index in [2.05, 4.69) is 22.4 Å². The van der Waals surface area contributed by atoms with Crippen LogP contribution in [-0.2, 0) is 0 Å². The van der Waals surface area contributed by atoms with Gasteiger partial charge in [0, 0.05) is 0 Å². The van der Waals surface area contributed by atoms with Crippen LogP contribution in [0.15, 0.2) is 29.3 Å². The minimum Gasteiger partial charge on any atom is -0.221 e. The van der Waals surface area contributed by atoms with E-state index in [1.54, 1.807) is 0 Å². The highest BCUT2D eigenvalue weighted by atomic mass is 32.1. The lowest BCUT2D eigenvalue weighted by molar-refractivity contribution is 1.06. The molecule has 0 spiro atoms. The maximum absolute atomic E-state index is 4.40. The molecule has 1 aliphatic rings. The zero-order valence-corrected chi connectivity index (χ0v) is 5.06. The highest BCUT2D eigenvalue weighted by molar-refractivity contribution is 7.78. The van der Waals surface area contributed by atoms with Gasteiger partial charge in [-0.25, -0.2) is 4.99 Å². The van der Waals surface area contributed by atoms with Gasteiger partial charge < -0.3 is 0 Å². The Morgan fingerprint density at radius 3 is 2.50 bits per heavy atom. The van der Waals surface area contributed by atoms with E-state index in [0.717, 1.165) is 0 Å². The summed E-state index contributed by atoms with van der Waals surface area (Å²) in [5.41, 5.74) is 0. The summed E-state index contributed by atoms with van der Waals surface area (Å²) in [6.45, 7) is 0. The van der Waals surface area contributed by atoms with Crippen molar-refractivity contribution in [2.45, 2.75) is 6.04 Å². The summed E-state index contributed by atoms with van der Waals surface area (Å²) in [6, 6.07) is 0.160. The van der Waals surface area contributed by atoms with Crippen LogP contribution in [0.1, 0.15) is 0 Å². The number of nitrogens with zero attached hydrogens (tertiary/aromatic N) is 1. The first-order valence-electron chi connectivity index (χ1n) is 2.35. The van der Waals surface area contributed by atoms with Gasteiger partial charge in [0.2, 0.25) is 0 Å². The Labute approximate surface area is 53.4 Å². The van der Waals surface area contributed by atoms with E-state index in [1.165, 1.54) is 0 Å². The Morgan fingerprint density at radius 2 is 2.00 bits per heavy atom. The van der Waals surface area contributed by atoms with Crippen LogP contribution in [0, 0.1) is 0 Å². The summed E-state index contributed by atoms with van der Waals surface area (Å²) < 4.78 is 0. The molecule has 1 aliphatic carbocycles. The lowest BCUT2D eigenvalue weighted by Crippen LogP contribution is -1.87. The van der Waals surface area contributed by atoms with Crippen molar-refractivity contribution in [2.75, 3.05) is 0 Å². The molecule has 0 saturated carbocycles. The van der Waals surface area contributed by atoms with E-state index in [0.29, 0.717) is 0 Å². The predicted octanol–water partition coefficient (Wildman–Crippen LogP) is 1.58. The number of rotatable bonds is 1. The molecule has 0 fully saturated rings. The van der Waals surface area contributed by atoms with E-state index in [4.69, 9.17) is 0 Å². The van der Waals surface area contributed by atoms with Crippen molar-refractivity contribution in [3.05, 3.63) is 24.3 Å². The van der Waals surface area contributed by atoms with Crippen molar-refractivity contribution in [2.24, 2.45) is 4.99 Å². The summed E-state index contributed by atoms with van der Waals surface area (Å²) in [6.07, 6.45) is 7.81. The van der Waals surface area contributed by atoms with Gasteiger partial charge >= 0.3 is 0 Å². The summed E-state index contributed by atoms with van der Waals surface area (Å²) in [4.78, 5) is 3.81. The maximum Gasteiger partial charge on any atom is 0.0970 e. The van der Waals surface area contributed by atoms with Crippen molar-refractivity contribution in [1.29, 1.82) is 0 Å². The van der Waals surface area contributed by atoms with Crippen LogP contribution in [0.25, 0.3) is 0 Å². The van der Waals surface area contributed by atoms with Crippen molar-refractivity contribution < 1.29 is 0 Å². The predicted molar refractivity (Wildman–Crippen MR) is 37.1 cm³/mol. The molecule has 0 aromatic heterocycles. The number of hydrogen-bond acceptors (Lipinski definition) is 2. The molecular weight excluding hydrogens is 118 g/mol. The fraction of sp³-hybridized carbons (Fsp3) is 0.167. The third kappa shape index (κ3) is 1.12. The molecule has 0 amide bonds. The molecule has 40 valence electrons. The van der Waals surface area contributed by atoms with Crippen LogP contribution in [0.3, 0.4) is 0 Å². The van der Waals surface area contributed by atoms with Gasteiger partial charge in [0.25, 0.3) is 0 Å². The van der Waals surface area contributed by atoms with Gasteiger partial charge in [-0.05, 0) is 12.2 Å². The number of aliphatic imine (C=N–C) groups is 1. The molecular formula is C6H5NS. The lowest BCUT2D eigenvalue weighted by Gasteiger charge is -1.87. The molecule has 8 heavy (non-hydrogen) atoms. The molecule has 1 rings (SSSR count). The third-order valence-corrected chi connectivity index (χ3v) is 1.03. The lowest BCUT2D eigenvalue weighted by atomic mass is 10.4. The van der Waals surface area contributed by atoms with Crippen molar-refractivity contribution in [1.82, 2.24) is 0 Å². The Morgan fingerprint density at radius 1 is 1.38 bits per heavy atom. The molecule has 0 atom stereocenters. The van der Waals surface area contributed by atoms with Crippen LogP contribution < -0.4 is 0 Å².